The molecule has 3 aromatic rings. The van der Waals surface area contributed by atoms with E-state index in [2.05, 4.69) is 27.2 Å². The first kappa shape index (κ1) is 27.0. The van der Waals surface area contributed by atoms with Crippen LogP contribution in [0.15, 0.2) is 66.7 Å². The highest BCUT2D eigenvalue weighted by Gasteiger charge is 2.13. The molecule has 1 amide bonds. The van der Waals surface area contributed by atoms with Crippen LogP contribution in [0, 0.1) is 0 Å². The molecule has 3 aromatic carbocycles. The smallest absolute Gasteiger partial charge is 0.255 e. The second-order valence-electron chi connectivity index (χ2n) is 10.5. The van der Waals surface area contributed by atoms with Gasteiger partial charge in [-0.05, 0) is 112 Å². The van der Waals surface area contributed by atoms with Crippen molar-refractivity contribution in [3.63, 3.8) is 0 Å². The van der Waals surface area contributed by atoms with E-state index in [4.69, 9.17) is 15.2 Å². The van der Waals surface area contributed by atoms with E-state index in [1.165, 1.54) is 38.8 Å². The minimum Gasteiger partial charge on any atom is -0.492 e. The molecule has 39 heavy (non-hydrogen) atoms. The molecular formula is C32H40N4O3. The molecule has 0 radical (unpaired) electrons. The number of hydrogen-bond acceptors (Lipinski definition) is 6. The van der Waals surface area contributed by atoms with Crippen molar-refractivity contribution >= 4 is 17.3 Å². The first-order chi connectivity index (χ1) is 19.1. The lowest BCUT2D eigenvalue weighted by atomic mass is 10.0. The molecule has 3 N–H and O–H groups in total. The Morgan fingerprint density at radius 3 is 1.85 bits per heavy atom. The van der Waals surface area contributed by atoms with Crippen molar-refractivity contribution in [2.24, 2.45) is 0 Å². The van der Waals surface area contributed by atoms with Gasteiger partial charge in [-0.15, -0.1) is 0 Å². The summed E-state index contributed by atoms with van der Waals surface area (Å²) in [6.45, 7) is 7.97. The van der Waals surface area contributed by atoms with Crippen LogP contribution in [0.25, 0.3) is 0 Å². The lowest BCUT2D eigenvalue weighted by Crippen LogP contribution is -2.25. The third-order valence-electron chi connectivity index (χ3n) is 7.63. The summed E-state index contributed by atoms with van der Waals surface area (Å²) in [5, 5.41) is 2.97. The number of rotatable bonds is 12. The second kappa shape index (κ2) is 13.5. The topological polar surface area (TPSA) is 80.1 Å². The summed E-state index contributed by atoms with van der Waals surface area (Å²) in [5.74, 6) is 1.46. The van der Waals surface area contributed by atoms with Crippen LogP contribution >= 0.6 is 0 Å². The van der Waals surface area contributed by atoms with Crippen LogP contribution in [-0.4, -0.2) is 68.2 Å². The fourth-order valence-electron chi connectivity index (χ4n) is 5.29. The van der Waals surface area contributed by atoms with Crippen LogP contribution < -0.4 is 20.5 Å². The van der Waals surface area contributed by atoms with Crippen molar-refractivity contribution in [1.82, 2.24) is 9.80 Å². The van der Waals surface area contributed by atoms with E-state index in [1.807, 2.05) is 42.5 Å². The van der Waals surface area contributed by atoms with Gasteiger partial charge in [-0.25, -0.2) is 0 Å². The average molecular weight is 529 g/mol. The van der Waals surface area contributed by atoms with E-state index in [-0.39, 0.29) is 5.91 Å². The molecule has 5 rings (SSSR count). The molecule has 0 aromatic heterocycles. The maximum atomic E-state index is 12.9. The molecule has 0 spiro atoms. The van der Waals surface area contributed by atoms with Crippen LogP contribution in [0.1, 0.15) is 47.2 Å². The number of amides is 1. The first-order valence-electron chi connectivity index (χ1n) is 14.2. The maximum absolute atomic E-state index is 12.9. The van der Waals surface area contributed by atoms with Crippen LogP contribution in [0.3, 0.4) is 0 Å². The van der Waals surface area contributed by atoms with Gasteiger partial charge in [0.05, 0.1) is 11.4 Å². The number of nitrogens with two attached hydrogens (primary N) is 1. The largest absolute Gasteiger partial charge is 0.492 e. The summed E-state index contributed by atoms with van der Waals surface area (Å²) in [4.78, 5) is 17.8. The SMILES string of the molecule is Nc1c(Cc2ccc(OCCN3CCCC3)cc2)cccc1NC(=O)c1ccc(OCCN2CCCC2)cc1. The van der Waals surface area contributed by atoms with E-state index in [0.29, 0.717) is 36.6 Å². The molecule has 0 saturated carbocycles. The van der Waals surface area contributed by atoms with Crippen molar-refractivity contribution in [1.29, 1.82) is 0 Å². The molecule has 0 unspecified atom stereocenters. The van der Waals surface area contributed by atoms with Crippen LogP contribution in [0.5, 0.6) is 11.5 Å². The normalized spacial score (nSPS) is 15.9. The lowest BCUT2D eigenvalue weighted by molar-refractivity contribution is 0.102. The zero-order valence-corrected chi connectivity index (χ0v) is 22.7. The highest BCUT2D eigenvalue weighted by Crippen LogP contribution is 2.26. The van der Waals surface area contributed by atoms with Crippen LogP contribution in [0.2, 0.25) is 0 Å². The zero-order chi connectivity index (χ0) is 26.9. The van der Waals surface area contributed by atoms with Crippen molar-refractivity contribution in [3.8, 4) is 11.5 Å². The van der Waals surface area contributed by atoms with Gasteiger partial charge >= 0.3 is 0 Å². The van der Waals surface area contributed by atoms with E-state index < -0.39 is 0 Å². The van der Waals surface area contributed by atoms with E-state index in [0.717, 1.165) is 48.8 Å². The molecule has 0 aliphatic carbocycles. The number of benzene rings is 3. The zero-order valence-electron chi connectivity index (χ0n) is 22.7. The van der Waals surface area contributed by atoms with Gasteiger partial charge in [-0.2, -0.15) is 0 Å². The molecule has 7 nitrogen and oxygen atoms in total. The minimum absolute atomic E-state index is 0.196. The highest BCUT2D eigenvalue weighted by atomic mass is 16.5. The molecule has 2 saturated heterocycles. The molecule has 2 heterocycles. The van der Waals surface area contributed by atoms with Gasteiger partial charge in [0, 0.05) is 18.7 Å². The van der Waals surface area contributed by atoms with Gasteiger partial charge in [0.1, 0.15) is 24.7 Å². The summed E-state index contributed by atoms with van der Waals surface area (Å²) >= 11 is 0. The third kappa shape index (κ3) is 7.74. The number of likely N-dealkylation sites (tertiary alicyclic amines) is 2. The molecule has 206 valence electrons. The molecule has 2 fully saturated rings. The van der Waals surface area contributed by atoms with Gasteiger partial charge in [-0.3, -0.25) is 14.6 Å². The van der Waals surface area contributed by atoms with Crippen LogP contribution in [0.4, 0.5) is 11.4 Å². The monoisotopic (exact) mass is 528 g/mol. The minimum atomic E-state index is -0.196. The summed E-state index contributed by atoms with van der Waals surface area (Å²) < 4.78 is 11.8. The standard InChI is InChI=1S/C32H40N4O3/c33-31-27(24-25-8-12-28(13-9-25)38-22-20-35-16-1-2-17-35)6-5-7-30(31)34-32(37)26-10-14-29(15-11-26)39-23-21-36-18-3-4-19-36/h5-15H,1-4,16-24,33H2,(H,34,37). The Balaban J connectivity index is 1.11. The fraction of sp³-hybridized carbons (Fsp3) is 0.406. The Morgan fingerprint density at radius 1 is 0.744 bits per heavy atom. The Bertz CT molecular complexity index is 1200. The Morgan fingerprint density at radius 2 is 1.28 bits per heavy atom. The van der Waals surface area contributed by atoms with Gasteiger partial charge in [0.2, 0.25) is 0 Å². The molecular weight excluding hydrogens is 488 g/mol. The van der Waals surface area contributed by atoms with Crippen molar-refractivity contribution in [3.05, 3.63) is 83.4 Å². The quantitative estimate of drug-likeness (QED) is 0.320. The number of nitrogen functional groups attached to an aromatic ring is 1. The van der Waals surface area contributed by atoms with E-state index in [1.54, 1.807) is 12.1 Å². The Hall–Kier alpha value is -3.55. The first-order valence-corrected chi connectivity index (χ1v) is 14.2. The van der Waals surface area contributed by atoms with Crippen molar-refractivity contribution < 1.29 is 14.3 Å². The Labute approximate surface area is 231 Å². The predicted octanol–water partition coefficient (Wildman–Crippen LogP) is 5.06. The number of carbonyl (C=O) groups excluding carboxylic acids is 1. The third-order valence-corrected chi connectivity index (χ3v) is 7.63. The molecule has 2 aliphatic heterocycles. The van der Waals surface area contributed by atoms with Crippen molar-refractivity contribution in [2.75, 3.05) is 63.5 Å². The van der Waals surface area contributed by atoms with Crippen molar-refractivity contribution in [2.45, 2.75) is 32.1 Å². The molecule has 0 atom stereocenters. The summed E-state index contributed by atoms with van der Waals surface area (Å²) in [5.41, 5.74) is 10.3. The summed E-state index contributed by atoms with van der Waals surface area (Å²) in [6.07, 6.45) is 5.82. The number of hydrogen-bond donors (Lipinski definition) is 2. The van der Waals surface area contributed by atoms with E-state index in [9.17, 15) is 4.79 Å². The summed E-state index contributed by atoms with van der Waals surface area (Å²) in [6, 6.07) is 21.2. The van der Waals surface area contributed by atoms with Gasteiger partial charge in [0.25, 0.3) is 5.91 Å². The molecule has 7 heteroatoms. The number of para-hydroxylation sites is 1. The number of nitrogens with zero attached hydrogens (tertiary/aromatic N) is 2. The fourth-order valence-corrected chi connectivity index (χ4v) is 5.29. The maximum Gasteiger partial charge on any atom is 0.255 e. The number of nitrogens with one attached hydrogen (secondary N) is 1. The van der Waals surface area contributed by atoms with E-state index >= 15 is 0 Å². The Kier molecular flexibility index (Phi) is 9.35. The van der Waals surface area contributed by atoms with Gasteiger partial charge in [-0.1, -0.05) is 24.3 Å². The second-order valence-corrected chi connectivity index (χ2v) is 10.5. The molecule has 0 bridgehead atoms. The van der Waals surface area contributed by atoms with Crippen LogP contribution in [-0.2, 0) is 6.42 Å². The summed E-state index contributed by atoms with van der Waals surface area (Å²) in [7, 11) is 0. The lowest BCUT2D eigenvalue weighted by Gasteiger charge is -2.15. The molecule has 2 aliphatic rings. The number of ether oxygens (including phenoxy) is 2. The van der Waals surface area contributed by atoms with Gasteiger partial charge in [0.15, 0.2) is 0 Å². The predicted molar refractivity (Wildman–Crippen MR) is 157 cm³/mol. The number of carbonyl (C=O) groups is 1. The highest BCUT2D eigenvalue weighted by molar-refractivity contribution is 6.06. The van der Waals surface area contributed by atoms with Gasteiger partial charge < -0.3 is 20.5 Å². The number of anilines is 2. The average Bonchev–Trinajstić information content (AvgIpc) is 3.67.